The number of hydrogen-bond acceptors (Lipinski definition) is 3. The fourth-order valence-corrected chi connectivity index (χ4v) is 3.15. The maximum Gasteiger partial charge on any atom is 0.291 e. The Hall–Kier alpha value is -2.17. The van der Waals surface area contributed by atoms with Crippen molar-refractivity contribution in [1.29, 1.82) is 0 Å². The fraction of sp³-hybridized carbons (Fsp3) is 0.238. The second kappa shape index (κ2) is 12.0. The number of aliphatic imine (C=N–C) groups is 1. The average Bonchev–Trinajstić information content (AvgIpc) is 3.36. The number of benzene rings is 1. The predicted molar refractivity (Wildman–Crippen MR) is 136 cm³/mol. The highest BCUT2D eigenvalue weighted by atomic mass is 127. The monoisotopic (exact) mass is 575 g/mol. The number of aromatic nitrogens is 1. The zero-order chi connectivity index (χ0) is 21.5. The average molecular weight is 576 g/mol. The van der Waals surface area contributed by atoms with Gasteiger partial charge in [-0.1, -0.05) is 35.3 Å². The number of halogens is 3. The van der Waals surface area contributed by atoms with Gasteiger partial charge in [0.2, 0.25) is 0 Å². The quantitative estimate of drug-likeness (QED) is 0.209. The van der Waals surface area contributed by atoms with Gasteiger partial charge in [0, 0.05) is 25.0 Å². The minimum absolute atomic E-state index is 0. The maximum absolute atomic E-state index is 12.0. The molecule has 1 amide bonds. The summed E-state index contributed by atoms with van der Waals surface area (Å²) in [7, 11) is 1.86. The summed E-state index contributed by atoms with van der Waals surface area (Å²) in [5, 5.41) is 10.3. The molecule has 0 aliphatic carbocycles. The Bertz CT molecular complexity index is 1020. The molecule has 2 heterocycles. The molecule has 0 radical (unpaired) electrons. The van der Waals surface area contributed by atoms with Crippen LogP contribution in [0.4, 0.5) is 5.69 Å². The van der Waals surface area contributed by atoms with E-state index in [0.29, 0.717) is 34.9 Å². The van der Waals surface area contributed by atoms with Crippen molar-refractivity contribution in [1.82, 2.24) is 15.2 Å². The van der Waals surface area contributed by atoms with Crippen LogP contribution in [0.3, 0.4) is 0 Å². The summed E-state index contributed by atoms with van der Waals surface area (Å²) in [5.41, 5.74) is 2.65. The smallest absolute Gasteiger partial charge is 0.291 e. The van der Waals surface area contributed by atoms with Gasteiger partial charge in [-0.3, -0.25) is 4.79 Å². The SMILES string of the molecule is CCNC(=NCc1ccc(NC(=O)c2ccco2)cc1)NCc1cc(Cl)c(Cl)n1C.I. The highest BCUT2D eigenvalue weighted by Gasteiger charge is 2.10. The zero-order valence-corrected chi connectivity index (χ0v) is 21.0. The van der Waals surface area contributed by atoms with Gasteiger partial charge in [-0.2, -0.15) is 0 Å². The molecule has 0 spiro atoms. The summed E-state index contributed by atoms with van der Waals surface area (Å²) in [6.07, 6.45) is 1.47. The van der Waals surface area contributed by atoms with Crippen LogP contribution in [0.25, 0.3) is 0 Å². The largest absolute Gasteiger partial charge is 0.459 e. The fourth-order valence-electron chi connectivity index (χ4n) is 2.74. The Morgan fingerprint density at radius 3 is 2.48 bits per heavy atom. The van der Waals surface area contributed by atoms with Crippen molar-refractivity contribution in [3.63, 3.8) is 0 Å². The van der Waals surface area contributed by atoms with E-state index in [1.807, 2.05) is 48.9 Å². The summed E-state index contributed by atoms with van der Waals surface area (Å²) in [6, 6.07) is 12.6. The summed E-state index contributed by atoms with van der Waals surface area (Å²) in [4.78, 5) is 16.6. The minimum atomic E-state index is -0.287. The number of nitrogens with one attached hydrogen (secondary N) is 3. The van der Waals surface area contributed by atoms with E-state index in [0.717, 1.165) is 17.8 Å². The van der Waals surface area contributed by atoms with Gasteiger partial charge in [-0.25, -0.2) is 4.99 Å². The molecule has 166 valence electrons. The second-order valence-corrected chi connectivity index (χ2v) is 7.28. The lowest BCUT2D eigenvalue weighted by atomic mass is 10.2. The Morgan fingerprint density at radius 2 is 1.90 bits per heavy atom. The van der Waals surface area contributed by atoms with Gasteiger partial charge in [0.25, 0.3) is 5.91 Å². The maximum atomic E-state index is 12.0. The first-order valence-electron chi connectivity index (χ1n) is 9.43. The summed E-state index contributed by atoms with van der Waals surface area (Å²) < 4.78 is 6.92. The van der Waals surface area contributed by atoms with E-state index in [1.165, 1.54) is 6.26 Å². The number of carbonyl (C=O) groups is 1. The molecule has 10 heteroatoms. The van der Waals surface area contributed by atoms with Crippen molar-refractivity contribution >= 4 is 64.7 Å². The molecule has 0 bridgehead atoms. The van der Waals surface area contributed by atoms with Crippen molar-refractivity contribution < 1.29 is 9.21 Å². The third-order valence-electron chi connectivity index (χ3n) is 4.37. The normalized spacial score (nSPS) is 11.0. The van der Waals surface area contributed by atoms with E-state index in [-0.39, 0.29) is 35.6 Å². The Kier molecular flexibility index (Phi) is 9.73. The number of furan rings is 1. The third kappa shape index (κ3) is 6.91. The van der Waals surface area contributed by atoms with Crippen molar-refractivity contribution in [3.05, 3.63) is 75.9 Å². The first-order valence-corrected chi connectivity index (χ1v) is 10.2. The first kappa shape index (κ1) is 25.1. The lowest BCUT2D eigenvalue weighted by molar-refractivity contribution is 0.0996. The summed E-state index contributed by atoms with van der Waals surface area (Å²) >= 11 is 12.2. The van der Waals surface area contributed by atoms with Gasteiger partial charge in [0.15, 0.2) is 11.7 Å². The van der Waals surface area contributed by atoms with Gasteiger partial charge >= 0.3 is 0 Å². The molecule has 0 fully saturated rings. The van der Waals surface area contributed by atoms with Crippen LogP contribution in [-0.4, -0.2) is 23.0 Å². The van der Waals surface area contributed by atoms with E-state index < -0.39 is 0 Å². The van der Waals surface area contributed by atoms with Crippen molar-refractivity contribution in [2.24, 2.45) is 12.0 Å². The number of amides is 1. The standard InChI is InChI=1S/C21H23Cl2N5O2.HI/c1-3-24-21(26-13-16-11-17(22)19(23)28(16)2)25-12-14-6-8-15(9-7-14)27-20(29)18-5-4-10-30-18;/h4-11H,3,12-13H2,1-2H3,(H,27,29)(H2,24,25,26);1H. The Balaban J connectivity index is 0.00000341. The lowest BCUT2D eigenvalue weighted by Crippen LogP contribution is -2.37. The molecule has 1 aromatic carbocycles. The molecule has 3 aromatic rings. The van der Waals surface area contributed by atoms with Crippen LogP contribution in [-0.2, 0) is 20.1 Å². The van der Waals surface area contributed by atoms with Gasteiger partial charge in [-0.15, -0.1) is 24.0 Å². The number of anilines is 1. The van der Waals surface area contributed by atoms with E-state index in [4.69, 9.17) is 27.6 Å². The van der Waals surface area contributed by atoms with Crippen LogP contribution >= 0.6 is 47.2 Å². The molecule has 31 heavy (non-hydrogen) atoms. The lowest BCUT2D eigenvalue weighted by Gasteiger charge is -2.12. The van der Waals surface area contributed by atoms with Crippen LogP contribution in [0.5, 0.6) is 0 Å². The van der Waals surface area contributed by atoms with Crippen LogP contribution in [0.1, 0.15) is 28.7 Å². The molecule has 2 aromatic heterocycles. The van der Waals surface area contributed by atoms with Crippen LogP contribution in [0.2, 0.25) is 10.2 Å². The topological polar surface area (TPSA) is 83.6 Å². The molecule has 3 N–H and O–H groups in total. The number of rotatable bonds is 7. The number of nitrogens with zero attached hydrogens (tertiary/aromatic N) is 2. The second-order valence-electron chi connectivity index (χ2n) is 6.51. The Morgan fingerprint density at radius 1 is 1.16 bits per heavy atom. The molecule has 0 aliphatic rings. The van der Waals surface area contributed by atoms with Crippen LogP contribution < -0.4 is 16.0 Å². The number of hydrogen-bond donors (Lipinski definition) is 3. The minimum Gasteiger partial charge on any atom is -0.459 e. The summed E-state index contributed by atoms with van der Waals surface area (Å²) in [5.74, 6) is 0.664. The number of carbonyl (C=O) groups excluding carboxylic acids is 1. The first-order chi connectivity index (χ1) is 14.5. The van der Waals surface area contributed by atoms with Crippen molar-refractivity contribution in [2.45, 2.75) is 20.0 Å². The molecule has 7 nitrogen and oxygen atoms in total. The van der Waals surface area contributed by atoms with E-state index >= 15 is 0 Å². The Labute approximate surface area is 208 Å². The van der Waals surface area contributed by atoms with Crippen LogP contribution in [0.15, 0.2) is 58.1 Å². The molecule has 0 saturated heterocycles. The van der Waals surface area contributed by atoms with Crippen molar-refractivity contribution in [3.8, 4) is 0 Å². The highest BCUT2D eigenvalue weighted by Crippen LogP contribution is 2.24. The molecule has 0 saturated carbocycles. The number of guanidine groups is 1. The molecule has 0 aliphatic heterocycles. The predicted octanol–water partition coefficient (Wildman–Crippen LogP) is 5.05. The molecular weight excluding hydrogens is 552 g/mol. The zero-order valence-electron chi connectivity index (χ0n) is 17.1. The van der Waals surface area contributed by atoms with E-state index in [1.54, 1.807) is 12.1 Å². The van der Waals surface area contributed by atoms with E-state index in [2.05, 4.69) is 20.9 Å². The third-order valence-corrected chi connectivity index (χ3v) is 5.22. The molecular formula is C21H24Cl2IN5O2. The summed E-state index contributed by atoms with van der Waals surface area (Å²) in [6.45, 7) is 3.76. The highest BCUT2D eigenvalue weighted by molar-refractivity contribution is 14.0. The molecule has 0 atom stereocenters. The van der Waals surface area contributed by atoms with Crippen molar-refractivity contribution in [2.75, 3.05) is 11.9 Å². The van der Waals surface area contributed by atoms with Crippen LogP contribution in [0, 0.1) is 0 Å². The van der Waals surface area contributed by atoms with Gasteiger partial charge in [0.1, 0.15) is 5.15 Å². The van der Waals surface area contributed by atoms with Gasteiger partial charge in [0.05, 0.1) is 24.4 Å². The van der Waals surface area contributed by atoms with Gasteiger partial charge < -0.3 is 24.9 Å². The van der Waals surface area contributed by atoms with Gasteiger partial charge in [-0.05, 0) is 42.8 Å². The molecule has 3 rings (SSSR count). The molecule has 0 unspecified atom stereocenters. The van der Waals surface area contributed by atoms with E-state index in [9.17, 15) is 4.79 Å².